The van der Waals surface area contributed by atoms with Crippen molar-refractivity contribution in [2.24, 2.45) is 0 Å². The molecule has 3 heterocycles. The number of hydrogen-bond donors (Lipinski definition) is 2. The fraction of sp³-hybridized carbons (Fsp3) is 0.500. The molecule has 4 rings (SSSR count). The monoisotopic (exact) mass is 410 g/mol. The molecule has 2 aliphatic heterocycles. The molecular weight excluding hydrogens is 380 g/mol. The maximum absolute atomic E-state index is 11.8. The maximum Gasteiger partial charge on any atom is 0.415 e. The predicted molar refractivity (Wildman–Crippen MR) is 117 cm³/mol. The molecule has 8 heteroatoms. The third-order valence-electron chi connectivity index (χ3n) is 5.82. The first-order valence-electron chi connectivity index (χ1n) is 10.7. The number of carbonyl (C=O) groups excluding carboxylic acids is 1. The van der Waals surface area contributed by atoms with Crippen LogP contribution in [0.25, 0.3) is 0 Å². The highest BCUT2D eigenvalue weighted by molar-refractivity contribution is 5.88. The van der Waals surface area contributed by atoms with Gasteiger partial charge in [0, 0.05) is 38.4 Å². The maximum atomic E-state index is 11.8. The summed E-state index contributed by atoms with van der Waals surface area (Å²) in [5.74, 6) is 1.05. The Hall–Kier alpha value is -2.71. The number of nitrogens with zero attached hydrogens (tertiary/aromatic N) is 4. The molecule has 1 aromatic heterocycles. The zero-order chi connectivity index (χ0) is 20.9. The van der Waals surface area contributed by atoms with Crippen LogP contribution < -0.4 is 15.5 Å². The Morgan fingerprint density at radius 3 is 2.53 bits per heavy atom. The number of rotatable bonds is 7. The number of cyclic esters (lactones) is 1. The topological polar surface area (TPSA) is 82.6 Å². The van der Waals surface area contributed by atoms with Gasteiger partial charge in [-0.2, -0.15) is 4.98 Å². The highest BCUT2D eigenvalue weighted by Crippen LogP contribution is 2.27. The molecule has 0 spiro atoms. The fourth-order valence-corrected chi connectivity index (χ4v) is 4.15. The summed E-state index contributed by atoms with van der Waals surface area (Å²) in [5.41, 5.74) is 2.53. The molecule has 2 fully saturated rings. The number of carbonyl (C=O) groups is 1. The van der Waals surface area contributed by atoms with E-state index >= 15 is 0 Å². The standard InChI is InChI=1S/C22H30N6O2/c1-3-19(27-12-10-23-11-13-27)18-6-4-17(5-7-18)16(2)25-21-24-9-8-20(26-21)28-14-15-30-22(28)29/h4-9,16,19,23H,3,10-15H2,1-2H3,(H,24,25,26)/t16-,19?/m0/s1. The van der Waals surface area contributed by atoms with Crippen LogP contribution in [0.5, 0.6) is 0 Å². The van der Waals surface area contributed by atoms with Crippen molar-refractivity contribution in [1.82, 2.24) is 20.2 Å². The largest absolute Gasteiger partial charge is 0.447 e. The summed E-state index contributed by atoms with van der Waals surface area (Å²) < 4.78 is 4.99. The summed E-state index contributed by atoms with van der Waals surface area (Å²) in [6.45, 7) is 9.55. The molecule has 1 amide bonds. The fourth-order valence-electron chi connectivity index (χ4n) is 4.15. The zero-order valence-electron chi connectivity index (χ0n) is 17.7. The first-order chi connectivity index (χ1) is 14.7. The van der Waals surface area contributed by atoms with E-state index in [1.165, 1.54) is 16.0 Å². The van der Waals surface area contributed by atoms with E-state index in [9.17, 15) is 4.79 Å². The van der Waals surface area contributed by atoms with Crippen molar-refractivity contribution in [2.75, 3.05) is 49.5 Å². The van der Waals surface area contributed by atoms with Crippen molar-refractivity contribution in [1.29, 1.82) is 0 Å². The molecule has 0 bridgehead atoms. The Morgan fingerprint density at radius 1 is 1.13 bits per heavy atom. The summed E-state index contributed by atoms with van der Waals surface area (Å²) in [6.07, 6.45) is 2.40. The van der Waals surface area contributed by atoms with Crippen LogP contribution in [0, 0.1) is 0 Å². The van der Waals surface area contributed by atoms with Crippen LogP contribution in [0.1, 0.15) is 43.5 Å². The molecule has 0 saturated carbocycles. The zero-order valence-corrected chi connectivity index (χ0v) is 17.7. The lowest BCUT2D eigenvalue weighted by Crippen LogP contribution is -2.45. The number of nitrogens with one attached hydrogen (secondary N) is 2. The van der Waals surface area contributed by atoms with E-state index in [4.69, 9.17) is 4.74 Å². The lowest BCUT2D eigenvalue weighted by atomic mass is 9.98. The van der Waals surface area contributed by atoms with Gasteiger partial charge in [0.1, 0.15) is 12.4 Å². The van der Waals surface area contributed by atoms with Gasteiger partial charge in [-0.25, -0.2) is 9.78 Å². The highest BCUT2D eigenvalue weighted by atomic mass is 16.6. The molecule has 2 aliphatic rings. The van der Waals surface area contributed by atoms with E-state index in [1.54, 1.807) is 12.3 Å². The number of aromatic nitrogens is 2. The predicted octanol–water partition coefficient (Wildman–Crippen LogP) is 2.96. The van der Waals surface area contributed by atoms with Crippen LogP contribution in [-0.2, 0) is 4.74 Å². The van der Waals surface area contributed by atoms with Gasteiger partial charge in [0.15, 0.2) is 0 Å². The van der Waals surface area contributed by atoms with Crippen molar-refractivity contribution in [3.8, 4) is 0 Å². The van der Waals surface area contributed by atoms with E-state index in [2.05, 4.69) is 63.6 Å². The van der Waals surface area contributed by atoms with Gasteiger partial charge in [0.2, 0.25) is 5.95 Å². The van der Waals surface area contributed by atoms with Gasteiger partial charge in [-0.05, 0) is 30.5 Å². The van der Waals surface area contributed by atoms with Gasteiger partial charge in [-0.15, -0.1) is 0 Å². The summed E-state index contributed by atoms with van der Waals surface area (Å²) in [6, 6.07) is 11.1. The normalized spacial score (nSPS) is 19.4. The number of hydrogen-bond acceptors (Lipinski definition) is 7. The van der Waals surface area contributed by atoms with Crippen LogP contribution in [0.2, 0.25) is 0 Å². The van der Waals surface area contributed by atoms with Crippen LogP contribution in [-0.4, -0.2) is 60.3 Å². The Kier molecular flexibility index (Phi) is 6.44. The van der Waals surface area contributed by atoms with Gasteiger partial charge >= 0.3 is 6.09 Å². The molecule has 30 heavy (non-hydrogen) atoms. The number of anilines is 2. The van der Waals surface area contributed by atoms with Crippen LogP contribution in [0.15, 0.2) is 36.5 Å². The van der Waals surface area contributed by atoms with Gasteiger partial charge in [0.25, 0.3) is 0 Å². The molecular formula is C22H30N6O2. The lowest BCUT2D eigenvalue weighted by Gasteiger charge is -2.34. The second-order valence-corrected chi connectivity index (χ2v) is 7.75. The van der Waals surface area contributed by atoms with Gasteiger partial charge in [-0.3, -0.25) is 9.80 Å². The van der Waals surface area contributed by atoms with Crippen molar-refractivity contribution >= 4 is 17.9 Å². The molecule has 0 radical (unpaired) electrons. The minimum Gasteiger partial charge on any atom is -0.447 e. The Balaban J connectivity index is 1.42. The third-order valence-corrected chi connectivity index (χ3v) is 5.82. The summed E-state index contributed by atoms with van der Waals surface area (Å²) >= 11 is 0. The van der Waals surface area contributed by atoms with Crippen molar-refractivity contribution < 1.29 is 9.53 Å². The first kappa shape index (κ1) is 20.6. The average molecular weight is 411 g/mol. The lowest BCUT2D eigenvalue weighted by molar-refractivity contribution is 0.169. The van der Waals surface area contributed by atoms with E-state index in [0.717, 1.165) is 32.6 Å². The highest BCUT2D eigenvalue weighted by Gasteiger charge is 2.25. The minimum absolute atomic E-state index is 0.0408. The van der Waals surface area contributed by atoms with Crippen LogP contribution in [0.3, 0.4) is 0 Å². The number of piperazine rings is 1. The molecule has 1 unspecified atom stereocenters. The number of amides is 1. The van der Waals surface area contributed by atoms with E-state index in [-0.39, 0.29) is 12.1 Å². The molecule has 160 valence electrons. The molecule has 1 aromatic carbocycles. The number of ether oxygens (including phenoxy) is 1. The van der Waals surface area contributed by atoms with E-state index < -0.39 is 0 Å². The summed E-state index contributed by atoms with van der Waals surface area (Å²) in [5, 5.41) is 6.77. The smallest absolute Gasteiger partial charge is 0.415 e. The summed E-state index contributed by atoms with van der Waals surface area (Å²) in [4.78, 5) is 24.6. The minimum atomic E-state index is -0.363. The second-order valence-electron chi connectivity index (χ2n) is 7.75. The molecule has 2 aromatic rings. The number of benzene rings is 1. The van der Waals surface area contributed by atoms with Crippen molar-refractivity contribution in [3.05, 3.63) is 47.7 Å². The second kappa shape index (κ2) is 9.40. The molecule has 8 nitrogen and oxygen atoms in total. The SMILES string of the molecule is CCC(c1ccc([C@H](C)Nc2nccc(N3CCOC3=O)n2)cc1)N1CCNCC1. The van der Waals surface area contributed by atoms with Gasteiger partial charge < -0.3 is 15.4 Å². The third kappa shape index (κ3) is 4.55. The van der Waals surface area contributed by atoms with Crippen LogP contribution in [0.4, 0.5) is 16.6 Å². The molecule has 0 aliphatic carbocycles. The Bertz CT molecular complexity index is 853. The van der Waals surface area contributed by atoms with Crippen molar-refractivity contribution in [2.45, 2.75) is 32.4 Å². The van der Waals surface area contributed by atoms with Gasteiger partial charge in [-0.1, -0.05) is 31.2 Å². The Morgan fingerprint density at radius 2 is 1.87 bits per heavy atom. The molecule has 2 atom stereocenters. The van der Waals surface area contributed by atoms with E-state index in [1.807, 2.05) is 0 Å². The van der Waals surface area contributed by atoms with Crippen LogP contribution >= 0.6 is 0 Å². The van der Waals surface area contributed by atoms with Crippen molar-refractivity contribution in [3.63, 3.8) is 0 Å². The Labute approximate surface area is 177 Å². The molecule has 2 N–H and O–H groups in total. The van der Waals surface area contributed by atoms with E-state index in [0.29, 0.717) is 31.0 Å². The average Bonchev–Trinajstić information content (AvgIpc) is 3.21. The summed E-state index contributed by atoms with van der Waals surface area (Å²) in [7, 11) is 0. The van der Waals surface area contributed by atoms with Gasteiger partial charge in [0.05, 0.1) is 12.6 Å². The first-order valence-corrected chi connectivity index (χ1v) is 10.7. The quantitative estimate of drug-likeness (QED) is 0.726. The molecule has 2 saturated heterocycles.